The molecular formula is C17H14Cl2O3. The molecule has 0 aliphatic heterocycles. The zero-order chi connectivity index (χ0) is 16.3. The van der Waals surface area contributed by atoms with Gasteiger partial charge < -0.3 is 4.74 Å². The molecule has 2 rings (SSSR count). The largest absolute Gasteiger partial charge is 0.479 e. The van der Waals surface area contributed by atoms with Crippen molar-refractivity contribution in [1.82, 2.24) is 0 Å². The molecule has 0 spiro atoms. The Bertz CT molecular complexity index is 689. The average Bonchev–Trinajstić information content (AvgIpc) is 2.47. The molecule has 0 heterocycles. The van der Waals surface area contributed by atoms with Crippen molar-refractivity contribution < 1.29 is 14.3 Å². The highest BCUT2D eigenvalue weighted by Gasteiger charge is 2.28. The smallest absolute Gasteiger partial charge is 0.264 e. The molecule has 0 radical (unpaired) electrons. The Morgan fingerprint density at radius 2 is 1.36 bits per heavy atom. The van der Waals surface area contributed by atoms with E-state index in [2.05, 4.69) is 0 Å². The van der Waals surface area contributed by atoms with Crippen molar-refractivity contribution in [3.63, 3.8) is 0 Å². The lowest BCUT2D eigenvalue weighted by atomic mass is 10.0. The summed E-state index contributed by atoms with van der Waals surface area (Å²) in [5, 5.41) is -0.0120. The molecule has 3 nitrogen and oxygen atoms in total. The Balaban J connectivity index is 2.16. The minimum absolute atomic E-state index is 0.115. The molecule has 0 amide bonds. The van der Waals surface area contributed by atoms with Crippen LogP contribution in [0.3, 0.4) is 0 Å². The van der Waals surface area contributed by atoms with Gasteiger partial charge in [0.15, 0.2) is 11.4 Å². The first-order chi connectivity index (χ1) is 10.3. The molecule has 0 aliphatic carbocycles. The summed E-state index contributed by atoms with van der Waals surface area (Å²) < 4.78 is 5.51. The van der Waals surface area contributed by atoms with Crippen LogP contribution in [0.2, 0.25) is 5.02 Å². The molecule has 0 saturated heterocycles. The second-order valence-corrected chi connectivity index (χ2v) is 6.03. The lowest BCUT2D eigenvalue weighted by molar-refractivity contribution is -0.123. The number of rotatable bonds is 5. The van der Waals surface area contributed by atoms with E-state index in [1.807, 2.05) is 0 Å². The molecule has 0 saturated carbocycles. The fourth-order valence-corrected chi connectivity index (χ4v) is 1.94. The molecule has 2 aromatic rings. The van der Waals surface area contributed by atoms with Crippen molar-refractivity contribution in [2.24, 2.45) is 0 Å². The van der Waals surface area contributed by atoms with E-state index < -0.39 is 10.8 Å². The molecule has 5 heteroatoms. The quantitative estimate of drug-likeness (QED) is 0.596. The maximum Gasteiger partial charge on any atom is 0.264 e. The first-order valence-corrected chi connectivity index (χ1v) is 7.34. The maximum absolute atomic E-state index is 12.3. The Morgan fingerprint density at radius 1 is 0.909 bits per heavy atom. The molecule has 0 N–H and O–H groups in total. The lowest BCUT2D eigenvalue weighted by Gasteiger charge is -2.21. The fraction of sp³-hybridized carbons (Fsp3) is 0.176. The highest BCUT2D eigenvalue weighted by atomic mass is 35.5. The van der Waals surface area contributed by atoms with Crippen LogP contribution in [-0.4, -0.2) is 16.6 Å². The van der Waals surface area contributed by atoms with Crippen LogP contribution in [0.4, 0.5) is 0 Å². The van der Waals surface area contributed by atoms with Crippen LogP contribution in [0.15, 0.2) is 48.5 Å². The highest BCUT2D eigenvalue weighted by Crippen LogP contribution is 2.22. The van der Waals surface area contributed by atoms with Gasteiger partial charge in [-0.3, -0.25) is 9.59 Å². The van der Waals surface area contributed by atoms with Gasteiger partial charge in [0, 0.05) is 16.1 Å². The second-order valence-electron chi connectivity index (χ2n) is 5.25. The number of ketones is 1. The van der Waals surface area contributed by atoms with Gasteiger partial charge in [0.25, 0.3) is 5.24 Å². The Labute approximate surface area is 138 Å². The molecule has 0 fully saturated rings. The van der Waals surface area contributed by atoms with Crippen molar-refractivity contribution in [2.45, 2.75) is 19.4 Å². The number of carbonyl (C=O) groups excluding carboxylic acids is 2. The van der Waals surface area contributed by atoms with Gasteiger partial charge >= 0.3 is 0 Å². The van der Waals surface area contributed by atoms with Crippen LogP contribution in [0.1, 0.15) is 29.8 Å². The van der Waals surface area contributed by atoms with Crippen molar-refractivity contribution >= 4 is 34.2 Å². The normalized spacial score (nSPS) is 11.1. The topological polar surface area (TPSA) is 43.4 Å². The van der Waals surface area contributed by atoms with E-state index in [0.717, 1.165) is 0 Å². The molecule has 0 unspecified atom stereocenters. The second kappa shape index (κ2) is 6.51. The number of hydrogen-bond acceptors (Lipinski definition) is 3. The van der Waals surface area contributed by atoms with Gasteiger partial charge in [0.2, 0.25) is 0 Å². The number of ether oxygens (including phenoxy) is 1. The first kappa shape index (κ1) is 16.5. The van der Waals surface area contributed by atoms with Crippen molar-refractivity contribution in [3.8, 4) is 5.75 Å². The number of halogens is 2. The van der Waals surface area contributed by atoms with E-state index in [4.69, 9.17) is 27.9 Å². The Hall–Kier alpha value is -1.84. The predicted molar refractivity (Wildman–Crippen MR) is 86.9 cm³/mol. The third-order valence-electron chi connectivity index (χ3n) is 3.07. The summed E-state index contributed by atoms with van der Waals surface area (Å²) in [6, 6.07) is 13.2. The van der Waals surface area contributed by atoms with E-state index in [9.17, 15) is 9.59 Å². The average molecular weight is 337 g/mol. The first-order valence-electron chi connectivity index (χ1n) is 6.59. The summed E-state index contributed by atoms with van der Waals surface area (Å²) in [6.45, 7) is 3.16. The molecule has 0 atom stereocenters. The highest BCUT2D eigenvalue weighted by molar-refractivity contribution is 6.65. The van der Waals surface area contributed by atoms with Gasteiger partial charge in [-0.05, 0) is 74.0 Å². The third kappa shape index (κ3) is 3.87. The van der Waals surface area contributed by atoms with E-state index in [-0.39, 0.29) is 5.78 Å². The summed E-state index contributed by atoms with van der Waals surface area (Å²) in [4.78, 5) is 23.5. The van der Waals surface area contributed by atoms with Crippen LogP contribution >= 0.6 is 23.2 Å². The molecule has 0 bridgehead atoms. The summed E-state index contributed by atoms with van der Waals surface area (Å²) in [7, 11) is 0. The Morgan fingerprint density at radius 3 is 1.82 bits per heavy atom. The third-order valence-corrected chi connectivity index (χ3v) is 3.78. The zero-order valence-corrected chi connectivity index (χ0v) is 13.6. The molecule has 22 heavy (non-hydrogen) atoms. The summed E-state index contributed by atoms with van der Waals surface area (Å²) in [5.74, 6) is 0.350. The van der Waals surface area contributed by atoms with E-state index in [0.29, 0.717) is 21.9 Å². The SMILES string of the molecule is CC(C)(Oc1ccc(C(=O)c2ccc(Cl)cc2)cc1)C(=O)Cl. The number of benzene rings is 2. The van der Waals surface area contributed by atoms with Crippen LogP contribution < -0.4 is 4.74 Å². The number of hydrogen-bond donors (Lipinski definition) is 0. The van der Waals surface area contributed by atoms with Gasteiger partial charge in [0.05, 0.1) is 0 Å². The minimum atomic E-state index is -1.12. The minimum Gasteiger partial charge on any atom is -0.479 e. The van der Waals surface area contributed by atoms with Crippen molar-refractivity contribution in [1.29, 1.82) is 0 Å². The molecule has 2 aromatic carbocycles. The predicted octanol–water partition coefficient (Wildman–Crippen LogP) is 4.49. The number of carbonyl (C=O) groups is 2. The monoisotopic (exact) mass is 336 g/mol. The van der Waals surface area contributed by atoms with Gasteiger partial charge in [0.1, 0.15) is 5.75 Å². The van der Waals surface area contributed by atoms with Gasteiger partial charge in [-0.25, -0.2) is 0 Å². The summed E-state index contributed by atoms with van der Waals surface area (Å²) >= 11 is 11.3. The summed E-state index contributed by atoms with van der Waals surface area (Å²) in [5.41, 5.74) is -0.0532. The van der Waals surface area contributed by atoms with E-state index >= 15 is 0 Å². The van der Waals surface area contributed by atoms with Gasteiger partial charge in [-0.2, -0.15) is 0 Å². The van der Waals surface area contributed by atoms with E-state index in [1.54, 1.807) is 62.4 Å². The maximum atomic E-state index is 12.3. The molecule has 0 aliphatic rings. The van der Waals surface area contributed by atoms with Crippen LogP contribution in [0.25, 0.3) is 0 Å². The fourth-order valence-electron chi connectivity index (χ4n) is 1.78. The van der Waals surface area contributed by atoms with E-state index in [1.165, 1.54) is 0 Å². The van der Waals surface area contributed by atoms with Gasteiger partial charge in [-0.15, -0.1) is 0 Å². The molecule has 114 valence electrons. The van der Waals surface area contributed by atoms with Crippen molar-refractivity contribution in [3.05, 3.63) is 64.7 Å². The lowest BCUT2D eigenvalue weighted by Crippen LogP contribution is -2.34. The Kier molecular flexibility index (Phi) is 4.89. The van der Waals surface area contributed by atoms with Crippen molar-refractivity contribution in [2.75, 3.05) is 0 Å². The van der Waals surface area contributed by atoms with Crippen LogP contribution in [0.5, 0.6) is 5.75 Å². The zero-order valence-electron chi connectivity index (χ0n) is 12.1. The van der Waals surface area contributed by atoms with Gasteiger partial charge in [-0.1, -0.05) is 11.6 Å². The van der Waals surface area contributed by atoms with Crippen LogP contribution in [-0.2, 0) is 4.79 Å². The molecular weight excluding hydrogens is 323 g/mol. The van der Waals surface area contributed by atoms with Crippen LogP contribution in [0, 0.1) is 0 Å². The molecule has 0 aromatic heterocycles. The summed E-state index contributed by atoms with van der Waals surface area (Å²) in [6.07, 6.45) is 0. The standard InChI is InChI=1S/C17H14Cl2O3/c1-17(2,16(19)21)22-14-9-5-12(6-10-14)15(20)11-3-7-13(18)8-4-11/h3-10H,1-2H3.